The number of fused-ring (bicyclic) bond motifs is 1. The summed E-state index contributed by atoms with van der Waals surface area (Å²) in [5.41, 5.74) is 3.41. The van der Waals surface area contributed by atoms with E-state index in [9.17, 15) is 9.59 Å². The van der Waals surface area contributed by atoms with Crippen molar-refractivity contribution in [3.05, 3.63) is 66.0 Å². The second-order valence-corrected chi connectivity index (χ2v) is 11.1. The highest BCUT2D eigenvalue weighted by Gasteiger charge is 2.24. The van der Waals surface area contributed by atoms with E-state index in [1.165, 1.54) is 24.1 Å². The van der Waals surface area contributed by atoms with Crippen molar-refractivity contribution in [2.24, 2.45) is 0 Å². The molecule has 0 aliphatic heterocycles. The first kappa shape index (κ1) is 33.1. The minimum absolute atomic E-state index is 0.160. The van der Waals surface area contributed by atoms with E-state index >= 15 is 0 Å². The minimum Gasteiger partial charge on any atom is -0.494 e. The van der Waals surface area contributed by atoms with Crippen molar-refractivity contribution in [3.63, 3.8) is 0 Å². The Labute approximate surface area is 267 Å². The number of likely N-dealkylation sites (N-methyl/N-ethyl adjacent to an activating group) is 2. The number of benzene rings is 2. The third-order valence-corrected chi connectivity index (χ3v) is 7.15. The van der Waals surface area contributed by atoms with E-state index in [-0.39, 0.29) is 23.5 Å². The number of rotatable bonds is 13. The lowest BCUT2D eigenvalue weighted by Gasteiger charge is -2.26. The number of carbonyl (C=O) groups excluding carboxylic acids is 2. The first-order valence-corrected chi connectivity index (χ1v) is 14.6. The number of hydrogen-bond donors (Lipinski definition) is 2. The Hall–Kier alpha value is -4.81. The molecule has 2 heterocycles. The molecule has 0 aliphatic carbocycles. The Morgan fingerprint density at radius 1 is 1.13 bits per heavy atom. The lowest BCUT2D eigenvalue weighted by atomic mass is 10.1. The number of aromatic nitrogens is 3. The minimum atomic E-state index is -0.580. The van der Waals surface area contributed by atoms with E-state index in [1.54, 1.807) is 39.3 Å². The van der Waals surface area contributed by atoms with E-state index in [4.69, 9.17) is 30.9 Å². The number of nitrogens with one attached hydrogen (secondary N) is 2. The normalized spacial score (nSPS) is 11.1. The van der Waals surface area contributed by atoms with Crippen LogP contribution in [0.3, 0.4) is 0 Å². The third kappa shape index (κ3) is 7.47. The molecular weight excluding hydrogens is 598 g/mol. The average molecular weight is 636 g/mol. The Bertz CT molecular complexity index is 1720. The van der Waals surface area contributed by atoms with Crippen LogP contribution in [0.5, 0.6) is 5.75 Å². The van der Waals surface area contributed by atoms with Crippen LogP contribution in [0.25, 0.3) is 22.2 Å². The van der Waals surface area contributed by atoms with Gasteiger partial charge < -0.3 is 34.7 Å². The van der Waals surface area contributed by atoms with E-state index in [2.05, 4.69) is 27.1 Å². The number of methoxy groups -OCH3 is 1. The monoisotopic (exact) mass is 635 g/mol. The first-order chi connectivity index (χ1) is 21.5. The summed E-state index contributed by atoms with van der Waals surface area (Å²) in [5.74, 6) is -0.300. The summed E-state index contributed by atoms with van der Waals surface area (Å²) in [6.07, 6.45) is 3.96. The van der Waals surface area contributed by atoms with Crippen molar-refractivity contribution >= 4 is 57.4 Å². The van der Waals surface area contributed by atoms with Crippen molar-refractivity contribution in [1.29, 1.82) is 0 Å². The van der Waals surface area contributed by atoms with Crippen LogP contribution in [-0.2, 0) is 9.53 Å². The molecule has 0 atom stereocenters. The second kappa shape index (κ2) is 14.3. The molecule has 4 rings (SSSR count). The number of hydrogen-bond acceptors (Lipinski definition) is 10. The van der Waals surface area contributed by atoms with Crippen molar-refractivity contribution < 1.29 is 23.9 Å². The molecule has 12 nitrogen and oxygen atoms in total. The maximum Gasteiger partial charge on any atom is 0.342 e. The van der Waals surface area contributed by atoms with Gasteiger partial charge in [-0.15, -0.1) is 0 Å². The van der Waals surface area contributed by atoms with E-state index < -0.39 is 5.97 Å². The van der Waals surface area contributed by atoms with Crippen LogP contribution in [0.4, 0.5) is 23.0 Å². The molecule has 45 heavy (non-hydrogen) atoms. The fraction of sp³-hybridized carbons (Fsp3) is 0.312. The van der Waals surface area contributed by atoms with Gasteiger partial charge in [0.1, 0.15) is 23.9 Å². The summed E-state index contributed by atoms with van der Waals surface area (Å²) in [7, 11) is 8.98. The van der Waals surface area contributed by atoms with Crippen LogP contribution in [0.15, 0.2) is 55.4 Å². The van der Waals surface area contributed by atoms with E-state index in [0.717, 1.165) is 12.2 Å². The molecule has 0 saturated carbocycles. The molecule has 238 valence electrons. The van der Waals surface area contributed by atoms with Gasteiger partial charge in [0, 0.05) is 43.4 Å². The number of nitrogens with zero attached hydrogens (tertiary/aromatic N) is 5. The average Bonchev–Trinajstić information content (AvgIpc) is 3.39. The molecule has 0 saturated heterocycles. The molecule has 0 fully saturated rings. The lowest BCUT2D eigenvalue weighted by molar-refractivity contribution is -0.111. The molecule has 2 aromatic carbocycles. The van der Waals surface area contributed by atoms with Crippen LogP contribution in [0.2, 0.25) is 5.02 Å². The van der Waals surface area contributed by atoms with Crippen LogP contribution in [0.1, 0.15) is 24.2 Å². The number of anilines is 4. The van der Waals surface area contributed by atoms with Gasteiger partial charge in [-0.05, 0) is 46.2 Å². The Morgan fingerprint density at radius 3 is 2.53 bits per heavy atom. The molecule has 1 amide bonds. The van der Waals surface area contributed by atoms with Gasteiger partial charge in [0.15, 0.2) is 0 Å². The predicted octanol–water partition coefficient (Wildman–Crippen LogP) is 5.25. The molecular formula is C32H38ClN7O5. The van der Waals surface area contributed by atoms with Crippen LogP contribution in [0, 0.1) is 0 Å². The molecule has 0 radical (unpaired) electrons. The molecule has 0 bridgehead atoms. The second-order valence-electron chi connectivity index (χ2n) is 10.7. The molecule has 0 unspecified atom stereocenters. The van der Waals surface area contributed by atoms with Gasteiger partial charge in [-0.25, -0.2) is 14.8 Å². The van der Waals surface area contributed by atoms with Crippen molar-refractivity contribution in [3.8, 4) is 17.0 Å². The third-order valence-electron chi connectivity index (χ3n) is 6.85. The van der Waals surface area contributed by atoms with Crippen molar-refractivity contribution in [1.82, 2.24) is 19.6 Å². The Balaban J connectivity index is 1.85. The zero-order valence-corrected chi connectivity index (χ0v) is 27.2. The summed E-state index contributed by atoms with van der Waals surface area (Å²) >= 11 is 6.52. The summed E-state index contributed by atoms with van der Waals surface area (Å²) in [6.45, 7) is 8.60. The summed E-state index contributed by atoms with van der Waals surface area (Å²) in [5, 5.41) is 7.26. The fourth-order valence-electron chi connectivity index (χ4n) is 4.64. The largest absolute Gasteiger partial charge is 0.494 e. The van der Waals surface area contributed by atoms with Crippen LogP contribution < -0.4 is 25.1 Å². The highest BCUT2D eigenvalue weighted by Crippen LogP contribution is 2.39. The van der Waals surface area contributed by atoms with Crippen LogP contribution in [-0.4, -0.2) is 86.0 Å². The van der Waals surface area contributed by atoms with Gasteiger partial charge in [-0.1, -0.05) is 30.3 Å². The standard InChI is InChI=1S/C32H38ClN7O5/c1-9-28(41)35-24-15-25(27(43-7)16-26(24)39(6)14-13-38(4)5)36-32-34-17-21(31(42)45-19(2)3)29(37-32)22-18-40(44-8)30-20(22)11-10-12-23(30)33/h9-12,15-19H,1,13-14H2,2-8H3,(H,35,41)(H,34,36,37). The first-order valence-electron chi connectivity index (χ1n) is 14.2. The fourth-order valence-corrected chi connectivity index (χ4v) is 4.90. The predicted molar refractivity (Wildman–Crippen MR) is 178 cm³/mol. The van der Waals surface area contributed by atoms with Crippen molar-refractivity contribution in [2.45, 2.75) is 20.0 Å². The van der Waals surface area contributed by atoms with Crippen LogP contribution >= 0.6 is 11.6 Å². The van der Waals surface area contributed by atoms with Gasteiger partial charge in [0.05, 0.1) is 47.2 Å². The van der Waals surface area contributed by atoms with Gasteiger partial charge in [-0.3, -0.25) is 4.79 Å². The Morgan fingerprint density at radius 2 is 1.89 bits per heavy atom. The highest BCUT2D eigenvalue weighted by atomic mass is 35.5. The Kier molecular flexibility index (Phi) is 10.5. The van der Waals surface area contributed by atoms with Gasteiger partial charge in [0.2, 0.25) is 11.9 Å². The van der Waals surface area contributed by atoms with E-state index in [1.807, 2.05) is 44.2 Å². The molecule has 13 heteroatoms. The van der Waals surface area contributed by atoms with E-state index in [0.29, 0.717) is 50.9 Å². The quantitative estimate of drug-likeness (QED) is 0.149. The van der Waals surface area contributed by atoms with Crippen molar-refractivity contribution in [2.75, 3.05) is 64.0 Å². The molecule has 0 aliphatic rings. The molecule has 2 aromatic heterocycles. The zero-order valence-electron chi connectivity index (χ0n) is 26.5. The van der Waals surface area contributed by atoms with Gasteiger partial charge in [0.25, 0.3) is 0 Å². The maximum atomic E-state index is 13.2. The number of carbonyl (C=O) groups is 2. The molecule has 0 spiro atoms. The smallest absolute Gasteiger partial charge is 0.342 e. The highest BCUT2D eigenvalue weighted by molar-refractivity contribution is 6.35. The number of amides is 1. The molecule has 2 N–H and O–H groups in total. The lowest BCUT2D eigenvalue weighted by Crippen LogP contribution is -2.29. The number of para-hydroxylation sites is 1. The molecule has 4 aromatic rings. The zero-order chi connectivity index (χ0) is 32.8. The summed E-state index contributed by atoms with van der Waals surface area (Å²) < 4.78 is 12.8. The summed E-state index contributed by atoms with van der Waals surface area (Å²) in [6, 6.07) is 8.98. The number of halogens is 1. The number of esters is 1. The van der Waals surface area contributed by atoms with Gasteiger partial charge >= 0.3 is 5.97 Å². The SMILES string of the molecule is C=CC(=O)Nc1cc(Nc2ncc(C(=O)OC(C)C)c(-c3cn(OC)c4c(Cl)cccc34)n2)c(OC)cc1N(C)CCN(C)C. The number of ether oxygens (including phenoxy) is 2. The van der Waals surface area contributed by atoms with Gasteiger partial charge in [-0.2, -0.15) is 4.73 Å². The topological polar surface area (TPSA) is 123 Å². The maximum absolute atomic E-state index is 13.2. The summed E-state index contributed by atoms with van der Waals surface area (Å²) in [4.78, 5) is 44.4.